The van der Waals surface area contributed by atoms with Crippen molar-refractivity contribution in [2.45, 2.75) is 40.4 Å². The Kier molecular flexibility index (Phi) is 4.62. The van der Waals surface area contributed by atoms with E-state index < -0.39 is 0 Å². The second-order valence-corrected chi connectivity index (χ2v) is 4.89. The minimum absolute atomic E-state index is 0.542. The van der Waals surface area contributed by atoms with Crippen molar-refractivity contribution in [2.24, 2.45) is 5.92 Å². The van der Waals surface area contributed by atoms with Crippen LogP contribution in [-0.2, 0) is 19.6 Å². The van der Waals surface area contributed by atoms with E-state index in [0.29, 0.717) is 19.0 Å². The molecule has 0 saturated carbocycles. The van der Waals surface area contributed by atoms with Crippen molar-refractivity contribution in [1.29, 1.82) is 0 Å². The standard InChI is InChI=1S/C12H21N7/c1-4-13-5-11-15-9-18(17-11)7-12-14-8-16-19(12)6-10(2)3/h8-10,13H,4-7H2,1-3H3. The summed E-state index contributed by atoms with van der Waals surface area (Å²) in [5.41, 5.74) is 0. The summed E-state index contributed by atoms with van der Waals surface area (Å²) >= 11 is 0. The predicted octanol–water partition coefficient (Wildman–Crippen LogP) is 0.683. The highest BCUT2D eigenvalue weighted by Crippen LogP contribution is 2.03. The van der Waals surface area contributed by atoms with E-state index in [-0.39, 0.29) is 0 Å². The molecule has 0 amide bonds. The highest BCUT2D eigenvalue weighted by atomic mass is 15.4. The third-order valence-corrected chi connectivity index (χ3v) is 2.65. The zero-order chi connectivity index (χ0) is 13.7. The molecule has 2 rings (SSSR count). The van der Waals surface area contributed by atoms with E-state index in [1.54, 1.807) is 17.3 Å². The Morgan fingerprint density at radius 2 is 2.16 bits per heavy atom. The summed E-state index contributed by atoms with van der Waals surface area (Å²) < 4.78 is 3.73. The molecule has 0 saturated heterocycles. The van der Waals surface area contributed by atoms with Crippen LogP contribution in [-0.4, -0.2) is 36.1 Å². The van der Waals surface area contributed by atoms with Crippen molar-refractivity contribution in [1.82, 2.24) is 34.8 Å². The van der Waals surface area contributed by atoms with Gasteiger partial charge < -0.3 is 5.32 Å². The van der Waals surface area contributed by atoms with Crippen molar-refractivity contribution >= 4 is 0 Å². The third-order valence-electron chi connectivity index (χ3n) is 2.65. The average Bonchev–Trinajstić information content (AvgIpc) is 2.97. The average molecular weight is 263 g/mol. The van der Waals surface area contributed by atoms with E-state index in [9.17, 15) is 0 Å². The first kappa shape index (κ1) is 13.7. The maximum atomic E-state index is 4.40. The molecule has 2 aromatic heterocycles. The molecule has 0 aromatic carbocycles. The van der Waals surface area contributed by atoms with Gasteiger partial charge in [0.05, 0.1) is 6.54 Å². The Morgan fingerprint density at radius 3 is 2.89 bits per heavy atom. The van der Waals surface area contributed by atoms with Crippen LogP contribution < -0.4 is 5.32 Å². The van der Waals surface area contributed by atoms with Gasteiger partial charge in [-0.1, -0.05) is 20.8 Å². The van der Waals surface area contributed by atoms with Crippen LogP contribution in [0.2, 0.25) is 0 Å². The highest BCUT2D eigenvalue weighted by Gasteiger charge is 2.08. The summed E-state index contributed by atoms with van der Waals surface area (Å²) in [6, 6.07) is 0. The number of hydrogen-bond acceptors (Lipinski definition) is 5. The van der Waals surface area contributed by atoms with Crippen molar-refractivity contribution in [3.8, 4) is 0 Å². The summed E-state index contributed by atoms with van der Waals surface area (Å²) in [5.74, 6) is 2.26. The predicted molar refractivity (Wildman–Crippen MR) is 71.4 cm³/mol. The van der Waals surface area contributed by atoms with Gasteiger partial charge in [0.25, 0.3) is 0 Å². The van der Waals surface area contributed by atoms with Crippen LogP contribution in [0.5, 0.6) is 0 Å². The fraction of sp³-hybridized carbons (Fsp3) is 0.667. The van der Waals surface area contributed by atoms with Gasteiger partial charge in [0, 0.05) is 6.54 Å². The van der Waals surface area contributed by atoms with Gasteiger partial charge in [0.2, 0.25) is 0 Å². The molecule has 7 nitrogen and oxygen atoms in total. The first-order valence-electron chi connectivity index (χ1n) is 6.64. The molecule has 0 bridgehead atoms. The summed E-state index contributed by atoms with van der Waals surface area (Å²) in [7, 11) is 0. The lowest BCUT2D eigenvalue weighted by Gasteiger charge is -2.08. The lowest BCUT2D eigenvalue weighted by atomic mass is 10.2. The van der Waals surface area contributed by atoms with E-state index >= 15 is 0 Å². The Morgan fingerprint density at radius 1 is 1.32 bits per heavy atom. The molecule has 0 aliphatic heterocycles. The number of nitrogens with zero attached hydrogens (tertiary/aromatic N) is 6. The normalized spacial score (nSPS) is 11.4. The first-order chi connectivity index (χ1) is 9.19. The van der Waals surface area contributed by atoms with Crippen LogP contribution >= 0.6 is 0 Å². The fourth-order valence-corrected chi connectivity index (χ4v) is 1.78. The quantitative estimate of drug-likeness (QED) is 0.795. The van der Waals surface area contributed by atoms with Gasteiger partial charge in [-0.2, -0.15) is 10.2 Å². The lowest BCUT2D eigenvalue weighted by Crippen LogP contribution is -2.15. The van der Waals surface area contributed by atoms with Crippen molar-refractivity contribution < 1.29 is 0 Å². The van der Waals surface area contributed by atoms with E-state index in [1.165, 1.54) is 0 Å². The smallest absolute Gasteiger partial charge is 0.164 e. The minimum atomic E-state index is 0.542. The van der Waals surface area contributed by atoms with Crippen LogP contribution in [0.25, 0.3) is 0 Å². The Bertz CT molecular complexity index is 500. The second kappa shape index (κ2) is 6.42. The zero-order valence-corrected chi connectivity index (χ0v) is 11.7. The van der Waals surface area contributed by atoms with Crippen molar-refractivity contribution in [3.05, 3.63) is 24.3 Å². The molecule has 0 radical (unpaired) electrons. The molecule has 104 valence electrons. The molecule has 1 N–H and O–H groups in total. The third kappa shape index (κ3) is 3.85. The van der Waals surface area contributed by atoms with Crippen molar-refractivity contribution in [3.63, 3.8) is 0 Å². The SMILES string of the molecule is CCNCc1ncn(Cc2ncnn2CC(C)C)n1. The summed E-state index contributed by atoms with van der Waals surface area (Å²) in [6.07, 6.45) is 3.33. The van der Waals surface area contributed by atoms with Crippen LogP contribution in [0, 0.1) is 5.92 Å². The lowest BCUT2D eigenvalue weighted by molar-refractivity contribution is 0.455. The van der Waals surface area contributed by atoms with Crippen LogP contribution in [0.3, 0.4) is 0 Å². The zero-order valence-electron chi connectivity index (χ0n) is 11.7. The molecule has 0 unspecified atom stereocenters. The van der Waals surface area contributed by atoms with Crippen molar-refractivity contribution in [2.75, 3.05) is 6.54 Å². The molecular formula is C12H21N7. The monoisotopic (exact) mass is 263 g/mol. The number of hydrogen-bond donors (Lipinski definition) is 1. The molecule has 0 spiro atoms. The number of rotatable bonds is 7. The molecule has 0 aliphatic rings. The van der Waals surface area contributed by atoms with Gasteiger partial charge in [-0.25, -0.2) is 19.3 Å². The van der Waals surface area contributed by atoms with E-state index in [1.807, 2.05) is 4.68 Å². The maximum Gasteiger partial charge on any atom is 0.164 e. The summed E-state index contributed by atoms with van der Waals surface area (Å²) in [4.78, 5) is 8.54. The second-order valence-electron chi connectivity index (χ2n) is 4.89. The molecule has 19 heavy (non-hydrogen) atoms. The van der Waals surface area contributed by atoms with E-state index in [4.69, 9.17) is 0 Å². The molecule has 2 aromatic rings. The number of aromatic nitrogens is 6. The molecule has 2 heterocycles. The fourth-order valence-electron chi connectivity index (χ4n) is 1.78. The number of nitrogens with one attached hydrogen (secondary N) is 1. The van der Waals surface area contributed by atoms with Crippen LogP contribution in [0.4, 0.5) is 0 Å². The van der Waals surface area contributed by atoms with Gasteiger partial charge in [0.15, 0.2) is 5.82 Å². The van der Waals surface area contributed by atoms with Gasteiger partial charge in [-0.15, -0.1) is 0 Å². The molecule has 0 fully saturated rings. The molecule has 0 atom stereocenters. The molecule has 7 heteroatoms. The van der Waals surface area contributed by atoms with Gasteiger partial charge in [-0.3, -0.25) is 0 Å². The Hall–Kier alpha value is -1.76. The van der Waals surface area contributed by atoms with E-state index in [0.717, 1.165) is 24.7 Å². The van der Waals surface area contributed by atoms with Gasteiger partial charge in [0.1, 0.15) is 25.0 Å². The molecular weight excluding hydrogens is 242 g/mol. The highest BCUT2D eigenvalue weighted by molar-refractivity contribution is 4.88. The Balaban J connectivity index is 2.00. The first-order valence-corrected chi connectivity index (χ1v) is 6.64. The summed E-state index contributed by atoms with van der Waals surface area (Å²) in [6.45, 7) is 9.47. The molecule has 0 aliphatic carbocycles. The van der Waals surface area contributed by atoms with Crippen LogP contribution in [0.1, 0.15) is 32.4 Å². The largest absolute Gasteiger partial charge is 0.310 e. The summed E-state index contributed by atoms with van der Waals surface area (Å²) in [5, 5.41) is 11.8. The Labute approximate surface area is 113 Å². The minimum Gasteiger partial charge on any atom is -0.310 e. The van der Waals surface area contributed by atoms with Gasteiger partial charge >= 0.3 is 0 Å². The van der Waals surface area contributed by atoms with Crippen LogP contribution in [0.15, 0.2) is 12.7 Å². The van der Waals surface area contributed by atoms with E-state index in [2.05, 4.69) is 46.3 Å². The maximum absolute atomic E-state index is 4.40. The topological polar surface area (TPSA) is 73.5 Å². The van der Waals surface area contributed by atoms with Gasteiger partial charge in [-0.05, 0) is 12.5 Å².